The molecule has 3 spiro atoms. The average Bonchev–Trinajstić information content (AvgIpc) is 3.36. The zero-order valence-corrected chi connectivity index (χ0v) is 20.2. The Hall–Kier alpha value is -0.320. The maximum absolute atomic E-state index is 12.0. The summed E-state index contributed by atoms with van der Waals surface area (Å²) in [6.07, 6.45) is 1.90. The number of rotatable bonds is 5. The lowest BCUT2D eigenvalue weighted by molar-refractivity contribution is -0.282. The summed E-state index contributed by atoms with van der Waals surface area (Å²) in [7, 11) is 5.34. The van der Waals surface area contributed by atoms with Crippen LogP contribution >= 0.6 is 0 Å². The van der Waals surface area contributed by atoms with Gasteiger partial charge in [-0.05, 0) is 31.7 Å². The van der Waals surface area contributed by atoms with Gasteiger partial charge in [-0.3, -0.25) is 4.90 Å². The average molecular weight is 466 g/mol. The molecule has 0 aromatic carbocycles. The Morgan fingerprint density at radius 3 is 2.64 bits per heavy atom. The number of aliphatic hydroxyl groups is 2. The van der Waals surface area contributed by atoms with Crippen molar-refractivity contribution in [1.29, 1.82) is 0 Å². The lowest BCUT2D eigenvalue weighted by Gasteiger charge is -2.69. The Morgan fingerprint density at radius 2 is 1.94 bits per heavy atom. The molecular weight excluding hydrogens is 426 g/mol. The Kier molecular flexibility index (Phi) is 4.46. The van der Waals surface area contributed by atoms with E-state index >= 15 is 0 Å². The zero-order chi connectivity index (χ0) is 23.0. The second-order valence-electron chi connectivity index (χ2n) is 12.0. The van der Waals surface area contributed by atoms with E-state index in [0.29, 0.717) is 13.0 Å². The molecule has 2 aliphatic heterocycles. The number of aliphatic hydroxyl groups excluding tert-OH is 2. The molecular formula is C25H39NO7. The van der Waals surface area contributed by atoms with Gasteiger partial charge in [0.15, 0.2) is 0 Å². The quantitative estimate of drug-likeness (QED) is 0.612. The van der Waals surface area contributed by atoms with E-state index in [1.807, 2.05) is 0 Å². The van der Waals surface area contributed by atoms with E-state index in [2.05, 4.69) is 11.8 Å². The number of hydrogen-bond donors (Lipinski definition) is 2. The summed E-state index contributed by atoms with van der Waals surface area (Å²) in [6, 6.07) is -0.0180. The number of methoxy groups -OCH3 is 3. The first-order chi connectivity index (χ1) is 15.9. The van der Waals surface area contributed by atoms with Crippen LogP contribution in [0.5, 0.6) is 0 Å². The van der Waals surface area contributed by atoms with Gasteiger partial charge in [-0.25, -0.2) is 0 Å². The van der Waals surface area contributed by atoms with Crippen LogP contribution in [0, 0.1) is 34.5 Å². The molecule has 13 atom stereocenters. The molecule has 7 fully saturated rings. The molecule has 7 rings (SSSR count). The summed E-state index contributed by atoms with van der Waals surface area (Å²) < 4.78 is 31.9. The molecule has 5 aliphatic carbocycles. The first-order valence-electron chi connectivity index (χ1n) is 12.9. The first-order valence-corrected chi connectivity index (χ1v) is 12.9. The van der Waals surface area contributed by atoms with E-state index < -0.39 is 28.8 Å². The highest BCUT2D eigenvalue weighted by molar-refractivity contribution is 5.42. The Morgan fingerprint density at radius 1 is 1.12 bits per heavy atom. The van der Waals surface area contributed by atoms with Crippen molar-refractivity contribution in [1.82, 2.24) is 4.90 Å². The molecule has 0 aromatic heterocycles. The van der Waals surface area contributed by atoms with Gasteiger partial charge < -0.3 is 33.9 Å². The second kappa shape index (κ2) is 6.71. The van der Waals surface area contributed by atoms with Gasteiger partial charge in [0.2, 0.25) is 0 Å². The molecule has 2 heterocycles. The van der Waals surface area contributed by atoms with Gasteiger partial charge >= 0.3 is 0 Å². The number of hydrogen-bond acceptors (Lipinski definition) is 8. The molecule has 186 valence electrons. The maximum atomic E-state index is 12.0. The van der Waals surface area contributed by atoms with Crippen LogP contribution < -0.4 is 0 Å². The van der Waals surface area contributed by atoms with Crippen molar-refractivity contribution in [3.05, 3.63) is 0 Å². The van der Waals surface area contributed by atoms with Crippen LogP contribution in [0.3, 0.4) is 0 Å². The molecule has 5 saturated carbocycles. The van der Waals surface area contributed by atoms with Gasteiger partial charge in [0.25, 0.3) is 0 Å². The smallest absolute Gasteiger partial charge is 0.148 e. The number of ether oxygens (including phenoxy) is 5. The molecule has 7 bridgehead atoms. The minimum absolute atomic E-state index is 0.0180. The van der Waals surface area contributed by atoms with Crippen LogP contribution in [0.1, 0.15) is 32.6 Å². The van der Waals surface area contributed by atoms with Crippen molar-refractivity contribution in [2.45, 2.75) is 74.3 Å². The standard InChI is InChI=1S/C25H39NO7/c1-5-26-10-22(11-29-2)7-6-16(27)24-14-8-13-15(30-3)9-23(17(14)18(13)28)25(21(24)26,33-12-32-23)20(31-4)19(22)24/h13-21,27-28H,5-12H2,1-4H3/t13-,14-,15-,16+,17-,18+,19-,20+,21+,22+,23-,24+,25-/m1/s1. The fourth-order valence-corrected chi connectivity index (χ4v) is 11.4. The molecule has 2 N–H and O–H groups in total. The fraction of sp³-hybridized carbons (Fsp3) is 1.00. The van der Waals surface area contributed by atoms with Gasteiger partial charge in [-0.1, -0.05) is 6.92 Å². The normalized spacial score (nSPS) is 62.5. The molecule has 8 nitrogen and oxygen atoms in total. The van der Waals surface area contributed by atoms with Gasteiger partial charge in [0, 0.05) is 62.9 Å². The van der Waals surface area contributed by atoms with Gasteiger partial charge in [-0.15, -0.1) is 0 Å². The van der Waals surface area contributed by atoms with E-state index in [9.17, 15) is 10.2 Å². The van der Waals surface area contributed by atoms with Crippen molar-refractivity contribution in [3.63, 3.8) is 0 Å². The van der Waals surface area contributed by atoms with E-state index in [0.717, 1.165) is 32.4 Å². The lowest BCUT2D eigenvalue weighted by Crippen LogP contribution is -2.81. The van der Waals surface area contributed by atoms with Gasteiger partial charge in [0.05, 0.1) is 37.1 Å². The third kappa shape index (κ3) is 1.98. The summed E-state index contributed by atoms with van der Waals surface area (Å²) in [4.78, 5) is 2.56. The molecule has 7 aliphatic rings. The second-order valence-corrected chi connectivity index (χ2v) is 12.0. The van der Waals surface area contributed by atoms with Crippen LogP contribution in [-0.2, 0) is 23.7 Å². The number of piperidine rings is 1. The highest BCUT2D eigenvalue weighted by Gasteiger charge is 2.93. The van der Waals surface area contributed by atoms with Crippen molar-refractivity contribution in [3.8, 4) is 0 Å². The highest BCUT2D eigenvalue weighted by Crippen LogP contribution is 2.82. The van der Waals surface area contributed by atoms with Gasteiger partial charge in [-0.2, -0.15) is 0 Å². The maximum Gasteiger partial charge on any atom is 0.148 e. The molecule has 2 saturated heterocycles. The largest absolute Gasteiger partial charge is 0.392 e. The third-order valence-corrected chi connectivity index (χ3v) is 11.8. The third-order valence-electron chi connectivity index (χ3n) is 11.8. The van der Waals surface area contributed by atoms with Crippen molar-refractivity contribution in [2.24, 2.45) is 34.5 Å². The zero-order valence-electron chi connectivity index (χ0n) is 20.2. The Bertz CT molecular complexity index is 844. The topological polar surface area (TPSA) is 89.9 Å². The number of nitrogens with zero attached hydrogens (tertiary/aromatic N) is 1. The van der Waals surface area contributed by atoms with Crippen LogP contribution in [0.25, 0.3) is 0 Å². The Balaban J connectivity index is 1.56. The number of fused-ring (bicyclic) bond motifs is 1. The van der Waals surface area contributed by atoms with Crippen molar-refractivity contribution in [2.75, 3.05) is 47.8 Å². The number of likely N-dealkylation sites (N-methyl/N-ethyl adjacent to an activating group) is 1. The molecule has 0 radical (unpaired) electrons. The molecule has 0 aromatic rings. The fourth-order valence-electron chi connectivity index (χ4n) is 11.4. The Labute approximate surface area is 195 Å². The first kappa shape index (κ1) is 21.9. The minimum Gasteiger partial charge on any atom is -0.392 e. The predicted octanol–water partition coefficient (Wildman–Crippen LogP) is 0.637. The van der Waals surface area contributed by atoms with Crippen LogP contribution in [0.15, 0.2) is 0 Å². The molecule has 33 heavy (non-hydrogen) atoms. The summed E-state index contributed by atoms with van der Waals surface area (Å²) >= 11 is 0. The SMILES string of the molecule is CCN1C[C@]2(COC)CC[C@H](O)[C@@]34[C@@H]5C[C@H]6[C@H](O)[C@@H]5[C@@]5(C[C@H]6OC)OCO[C@]5([C@@H](OC)[C@H]23)[C@@H]14. The van der Waals surface area contributed by atoms with Crippen LogP contribution in [-0.4, -0.2) is 105 Å². The van der Waals surface area contributed by atoms with Crippen LogP contribution in [0.2, 0.25) is 0 Å². The summed E-state index contributed by atoms with van der Waals surface area (Å²) in [5, 5.41) is 23.8. The highest BCUT2D eigenvalue weighted by atomic mass is 16.7. The van der Waals surface area contributed by atoms with E-state index in [1.165, 1.54) is 0 Å². The molecule has 0 amide bonds. The van der Waals surface area contributed by atoms with Crippen molar-refractivity contribution < 1.29 is 33.9 Å². The summed E-state index contributed by atoms with van der Waals surface area (Å²) in [5.41, 5.74) is -1.99. The number of likely N-dealkylation sites (tertiary alicyclic amines) is 1. The monoisotopic (exact) mass is 465 g/mol. The van der Waals surface area contributed by atoms with E-state index in [4.69, 9.17) is 23.7 Å². The molecule has 8 heteroatoms. The summed E-state index contributed by atoms with van der Waals surface area (Å²) in [5.74, 6) is 0.199. The lowest BCUT2D eigenvalue weighted by atomic mass is 9.42. The van der Waals surface area contributed by atoms with Crippen molar-refractivity contribution >= 4 is 0 Å². The summed E-state index contributed by atoms with van der Waals surface area (Å²) in [6.45, 7) is 4.83. The minimum atomic E-state index is -0.753. The molecule has 0 unspecified atom stereocenters. The van der Waals surface area contributed by atoms with Gasteiger partial charge in [0.1, 0.15) is 18.0 Å². The van der Waals surface area contributed by atoms with E-state index in [1.54, 1.807) is 21.3 Å². The van der Waals surface area contributed by atoms with E-state index in [-0.39, 0.29) is 54.1 Å². The van der Waals surface area contributed by atoms with Crippen LogP contribution in [0.4, 0.5) is 0 Å². The predicted molar refractivity (Wildman–Crippen MR) is 116 cm³/mol.